The maximum absolute atomic E-state index is 12.3. The molecular formula is C20H27N5O3. The molecule has 0 saturated carbocycles. The van der Waals surface area contributed by atoms with Crippen LogP contribution in [0.2, 0.25) is 0 Å². The predicted molar refractivity (Wildman–Crippen MR) is 108 cm³/mol. The Balaban J connectivity index is 2.02. The van der Waals surface area contributed by atoms with Crippen molar-refractivity contribution in [1.82, 2.24) is 15.1 Å². The van der Waals surface area contributed by atoms with Crippen molar-refractivity contribution < 1.29 is 9.72 Å². The van der Waals surface area contributed by atoms with E-state index in [9.17, 15) is 14.9 Å². The summed E-state index contributed by atoms with van der Waals surface area (Å²) >= 11 is 0. The summed E-state index contributed by atoms with van der Waals surface area (Å²) in [6.45, 7) is 8.45. The average molecular weight is 385 g/mol. The molecule has 2 aromatic rings. The van der Waals surface area contributed by atoms with Crippen LogP contribution < -0.4 is 10.2 Å². The van der Waals surface area contributed by atoms with Gasteiger partial charge >= 0.3 is 0 Å². The van der Waals surface area contributed by atoms with Crippen LogP contribution in [0, 0.1) is 24.0 Å². The zero-order chi connectivity index (χ0) is 20.6. The number of nitro groups is 1. The fraction of sp³-hybridized carbons (Fsp3) is 0.500. The van der Waals surface area contributed by atoms with Crippen LogP contribution in [0.5, 0.6) is 0 Å². The summed E-state index contributed by atoms with van der Waals surface area (Å²) in [5.74, 6) is -0.304. The van der Waals surface area contributed by atoms with Crippen LogP contribution >= 0.6 is 0 Å². The fourth-order valence-corrected chi connectivity index (χ4v) is 4.03. The first-order chi connectivity index (χ1) is 13.2. The van der Waals surface area contributed by atoms with E-state index in [1.165, 1.54) is 6.07 Å². The molecule has 2 heterocycles. The lowest BCUT2D eigenvalue weighted by atomic mass is 10.0. The van der Waals surface area contributed by atoms with Gasteiger partial charge in [-0.1, -0.05) is 0 Å². The summed E-state index contributed by atoms with van der Waals surface area (Å²) in [4.78, 5) is 25.7. The Labute approximate surface area is 164 Å². The normalized spacial score (nSPS) is 16.6. The maximum atomic E-state index is 12.3. The van der Waals surface area contributed by atoms with Gasteiger partial charge in [0.05, 0.1) is 16.7 Å². The second-order valence-electron chi connectivity index (χ2n) is 7.65. The van der Waals surface area contributed by atoms with E-state index in [0.29, 0.717) is 11.3 Å². The lowest BCUT2D eigenvalue weighted by Gasteiger charge is -2.27. The van der Waals surface area contributed by atoms with Crippen LogP contribution in [-0.2, 0) is 7.05 Å². The average Bonchev–Trinajstić information content (AvgIpc) is 3.18. The molecule has 3 rings (SSSR count). The standard InChI is InChI=1S/C20H27N5O3/c1-12(2)21-20(26)15-8-9-16(18(11-15)25(27)28)24-10-6-7-17(24)19-13(3)22-23(5)14(19)4/h8-9,11-12,17H,6-7,10H2,1-5H3,(H,21,26). The minimum atomic E-state index is -0.403. The van der Waals surface area contributed by atoms with Crippen molar-refractivity contribution in [2.75, 3.05) is 11.4 Å². The van der Waals surface area contributed by atoms with Gasteiger partial charge in [-0.2, -0.15) is 5.10 Å². The van der Waals surface area contributed by atoms with Gasteiger partial charge in [0.15, 0.2) is 0 Å². The topological polar surface area (TPSA) is 93.3 Å². The zero-order valence-corrected chi connectivity index (χ0v) is 17.0. The van der Waals surface area contributed by atoms with E-state index in [0.717, 1.165) is 36.3 Å². The maximum Gasteiger partial charge on any atom is 0.293 e. The van der Waals surface area contributed by atoms with Crippen molar-refractivity contribution in [3.63, 3.8) is 0 Å². The van der Waals surface area contributed by atoms with E-state index >= 15 is 0 Å². The first-order valence-electron chi connectivity index (χ1n) is 9.56. The molecule has 0 bridgehead atoms. The van der Waals surface area contributed by atoms with Gasteiger partial charge in [0.1, 0.15) is 5.69 Å². The predicted octanol–water partition coefficient (Wildman–Crippen LogP) is 3.42. The molecule has 1 amide bonds. The number of carbonyl (C=O) groups excluding carboxylic acids is 1. The van der Waals surface area contributed by atoms with Crippen LogP contribution in [-0.4, -0.2) is 33.2 Å². The number of amides is 1. The lowest BCUT2D eigenvalue weighted by molar-refractivity contribution is -0.384. The molecule has 1 aromatic carbocycles. The van der Waals surface area contributed by atoms with Gasteiger partial charge in [0, 0.05) is 42.5 Å². The Morgan fingerprint density at radius 3 is 2.64 bits per heavy atom. The molecule has 1 N–H and O–H groups in total. The van der Waals surface area contributed by atoms with Crippen LogP contribution in [0.3, 0.4) is 0 Å². The molecular weight excluding hydrogens is 358 g/mol. The Hall–Kier alpha value is -2.90. The second-order valence-corrected chi connectivity index (χ2v) is 7.65. The molecule has 8 nitrogen and oxygen atoms in total. The highest BCUT2D eigenvalue weighted by Crippen LogP contribution is 2.42. The molecule has 0 spiro atoms. The van der Waals surface area contributed by atoms with Gasteiger partial charge in [0.2, 0.25) is 0 Å². The number of aryl methyl sites for hydroxylation is 2. The van der Waals surface area contributed by atoms with Gasteiger partial charge in [-0.25, -0.2) is 0 Å². The van der Waals surface area contributed by atoms with Crippen LogP contribution in [0.4, 0.5) is 11.4 Å². The van der Waals surface area contributed by atoms with Crippen molar-refractivity contribution >= 4 is 17.3 Å². The molecule has 1 atom stereocenters. The van der Waals surface area contributed by atoms with Crippen molar-refractivity contribution in [1.29, 1.82) is 0 Å². The Kier molecular flexibility index (Phi) is 5.40. The van der Waals surface area contributed by atoms with Crippen LogP contribution in [0.25, 0.3) is 0 Å². The SMILES string of the molecule is Cc1nn(C)c(C)c1C1CCCN1c1ccc(C(=O)NC(C)C)cc1[N+](=O)[O-]. The number of benzene rings is 1. The van der Waals surface area contributed by atoms with Gasteiger partial charge in [-0.15, -0.1) is 0 Å². The number of nitrogens with zero attached hydrogens (tertiary/aromatic N) is 4. The van der Waals surface area contributed by atoms with Crippen LogP contribution in [0.15, 0.2) is 18.2 Å². The fourth-order valence-electron chi connectivity index (χ4n) is 4.03. The first kappa shape index (κ1) is 19.9. The number of nitrogens with one attached hydrogen (secondary N) is 1. The van der Waals surface area contributed by atoms with E-state index in [-0.39, 0.29) is 23.7 Å². The largest absolute Gasteiger partial charge is 0.359 e. The lowest BCUT2D eigenvalue weighted by Crippen LogP contribution is -2.30. The highest BCUT2D eigenvalue weighted by atomic mass is 16.6. The van der Waals surface area contributed by atoms with Crippen LogP contribution in [0.1, 0.15) is 60.0 Å². The zero-order valence-electron chi connectivity index (χ0n) is 17.0. The van der Waals surface area contributed by atoms with Crippen molar-refractivity contribution in [3.05, 3.63) is 50.8 Å². The first-order valence-corrected chi connectivity index (χ1v) is 9.56. The van der Waals surface area contributed by atoms with E-state index < -0.39 is 4.92 Å². The van der Waals surface area contributed by atoms with Crippen molar-refractivity contribution in [2.24, 2.45) is 7.05 Å². The molecule has 1 fully saturated rings. The molecule has 0 aliphatic carbocycles. The Morgan fingerprint density at radius 1 is 1.36 bits per heavy atom. The molecule has 0 radical (unpaired) electrons. The quantitative estimate of drug-likeness (QED) is 0.629. The van der Waals surface area contributed by atoms with Gasteiger partial charge in [-0.3, -0.25) is 19.6 Å². The smallest absolute Gasteiger partial charge is 0.293 e. The third-order valence-corrected chi connectivity index (χ3v) is 5.31. The molecule has 1 aliphatic heterocycles. The number of hydrogen-bond acceptors (Lipinski definition) is 5. The third kappa shape index (κ3) is 3.58. The molecule has 1 unspecified atom stereocenters. The summed E-state index contributed by atoms with van der Waals surface area (Å²) in [5.41, 5.74) is 3.97. The molecule has 8 heteroatoms. The van der Waals surface area contributed by atoms with Crippen molar-refractivity contribution in [3.8, 4) is 0 Å². The summed E-state index contributed by atoms with van der Waals surface area (Å²) in [6, 6.07) is 4.75. The minimum Gasteiger partial charge on any atom is -0.359 e. The number of carbonyl (C=O) groups is 1. The highest BCUT2D eigenvalue weighted by Gasteiger charge is 2.34. The number of nitro benzene ring substituents is 1. The number of aromatic nitrogens is 2. The molecule has 28 heavy (non-hydrogen) atoms. The minimum absolute atomic E-state index is 0.0364. The van der Waals surface area contributed by atoms with Gasteiger partial charge in [0.25, 0.3) is 11.6 Å². The molecule has 1 aromatic heterocycles. The van der Waals surface area contributed by atoms with Gasteiger partial charge < -0.3 is 10.2 Å². The van der Waals surface area contributed by atoms with E-state index in [1.807, 2.05) is 39.4 Å². The number of rotatable bonds is 5. The van der Waals surface area contributed by atoms with E-state index in [1.54, 1.807) is 12.1 Å². The summed E-state index contributed by atoms with van der Waals surface area (Å²) in [6.07, 6.45) is 1.87. The van der Waals surface area contributed by atoms with E-state index in [4.69, 9.17) is 0 Å². The monoisotopic (exact) mass is 385 g/mol. The van der Waals surface area contributed by atoms with E-state index in [2.05, 4.69) is 15.3 Å². The highest BCUT2D eigenvalue weighted by molar-refractivity contribution is 5.96. The summed E-state index contributed by atoms with van der Waals surface area (Å²) < 4.78 is 1.86. The van der Waals surface area contributed by atoms with Gasteiger partial charge in [-0.05, 0) is 52.7 Å². The molecule has 1 saturated heterocycles. The summed E-state index contributed by atoms with van der Waals surface area (Å²) in [5, 5.41) is 19.1. The van der Waals surface area contributed by atoms with Crippen molar-refractivity contribution in [2.45, 2.75) is 52.6 Å². The number of hydrogen-bond donors (Lipinski definition) is 1. The number of anilines is 1. The molecule has 1 aliphatic rings. The Morgan fingerprint density at radius 2 is 2.07 bits per heavy atom. The second kappa shape index (κ2) is 7.61. The molecule has 150 valence electrons. The summed E-state index contributed by atoms with van der Waals surface area (Å²) in [7, 11) is 1.91. The Bertz CT molecular complexity index is 919. The third-order valence-electron chi connectivity index (χ3n) is 5.31.